The van der Waals surface area contributed by atoms with Crippen LogP contribution in [-0.2, 0) is 32.9 Å². The van der Waals surface area contributed by atoms with Gasteiger partial charge in [0.15, 0.2) is 12.3 Å². The first kappa shape index (κ1) is 33.1. The smallest absolute Gasteiger partial charge is 0.392 e. The maximum atomic E-state index is 13.6. The summed E-state index contributed by atoms with van der Waals surface area (Å²) >= 11 is 0.623. The van der Waals surface area contributed by atoms with Crippen molar-refractivity contribution < 1.29 is 45.9 Å². The number of aliphatic hydroxyl groups excluding tert-OH is 1. The predicted molar refractivity (Wildman–Crippen MR) is 153 cm³/mol. The molecule has 0 bridgehead atoms. The number of carbonyl (C=O) groups excluding carboxylic acids is 1. The van der Waals surface area contributed by atoms with Crippen LogP contribution in [0.3, 0.4) is 0 Å². The van der Waals surface area contributed by atoms with Crippen LogP contribution in [-0.4, -0.2) is 47.9 Å². The predicted octanol–water partition coefficient (Wildman–Crippen LogP) is 5.76. The second-order valence-electron chi connectivity index (χ2n) is 13.2. The largest absolute Gasteiger partial charge is 0.397 e. The Morgan fingerprint density at radius 1 is 1.20 bits per heavy atom. The third-order valence-corrected chi connectivity index (χ3v) is 12.0. The summed E-state index contributed by atoms with van der Waals surface area (Å²) in [6.07, 6.45) is 11.2. The molecule has 3 fully saturated rings. The molecule has 3 saturated carbocycles. The van der Waals surface area contributed by atoms with Gasteiger partial charge in [-0.05, 0) is 92.8 Å². The standard InChI is InChI=1S/C29H46O10S2/c1-17(2)20(16-36-41(33,34)35)7-6-18(3)24-10-11-25-23-9-8-21-14-22(37-40-39-38-32)12-13-28(21,5)26(23)15-27(31)29(24,25)19(4)30/h6-8,17-18,20,22-27,31-32H,9-16H2,1-5H3,(H,33,34,35)/t18-,20+,22+,23?,24-,25?,26?,27+,28+,29-/m1/s1. The van der Waals surface area contributed by atoms with Crippen molar-refractivity contribution in [1.82, 2.24) is 0 Å². The van der Waals surface area contributed by atoms with Crippen molar-refractivity contribution >= 4 is 28.5 Å². The van der Waals surface area contributed by atoms with Gasteiger partial charge in [-0.15, -0.1) is 4.33 Å². The molecule has 234 valence electrons. The van der Waals surface area contributed by atoms with E-state index in [0.29, 0.717) is 24.7 Å². The first-order chi connectivity index (χ1) is 19.3. The summed E-state index contributed by atoms with van der Waals surface area (Å²) in [5.74, 6) is 0.544. The Kier molecular flexibility index (Phi) is 10.5. The van der Waals surface area contributed by atoms with Crippen LogP contribution in [0.25, 0.3) is 0 Å². The Morgan fingerprint density at radius 2 is 1.93 bits per heavy atom. The van der Waals surface area contributed by atoms with Gasteiger partial charge >= 0.3 is 10.4 Å². The van der Waals surface area contributed by atoms with Crippen molar-refractivity contribution in [2.75, 3.05) is 6.61 Å². The molecule has 4 rings (SSSR count). The third kappa shape index (κ3) is 6.51. The fourth-order valence-corrected chi connectivity index (χ4v) is 9.72. The van der Waals surface area contributed by atoms with E-state index in [0.717, 1.165) is 38.5 Å². The number of carbonyl (C=O) groups is 1. The lowest BCUT2D eigenvalue weighted by atomic mass is 9.45. The van der Waals surface area contributed by atoms with Gasteiger partial charge in [0, 0.05) is 5.92 Å². The molecule has 0 aromatic heterocycles. The minimum Gasteiger partial charge on any atom is -0.392 e. The maximum absolute atomic E-state index is 13.6. The van der Waals surface area contributed by atoms with Gasteiger partial charge in [0.2, 0.25) is 0 Å². The molecule has 0 heterocycles. The SMILES string of the molecule is CC(=O)[C@]12C(CC[C@@H]1[C@H](C)C=C[C@@H](COS(=O)(=O)O)C(C)C)C1CC=C3C[C@@H](OSOOO)CC[C@]3(C)C1C[C@@H]2O. The van der Waals surface area contributed by atoms with E-state index in [2.05, 4.69) is 33.5 Å². The highest BCUT2D eigenvalue weighted by molar-refractivity contribution is 7.89. The lowest BCUT2D eigenvalue weighted by molar-refractivity contribution is -0.434. The van der Waals surface area contributed by atoms with Crippen LogP contribution in [0, 0.1) is 52.3 Å². The van der Waals surface area contributed by atoms with E-state index >= 15 is 0 Å². The van der Waals surface area contributed by atoms with Crippen molar-refractivity contribution in [2.45, 2.75) is 91.8 Å². The van der Waals surface area contributed by atoms with Crippen molar-refractivity contribution in [1.29, 1.82) is 0 Å². The third-order valence-electron chi connectivity index (χ3n) is 11.1. The molecule has 0 aliphatic heterocycles. The van der Waals surface area contributed by atoms with Gasteiger partial charge in [-0.3, -0.25) is 13.5 Å². The number of Topliss-reactive ketones (excluding diaryl/α,β-unsaturated/α-hetero) is 1. The summed E-state index contributed by atoms with van der Waals surface area (Å²) in [4.78, 5) is 13.6. The summed E-state index contributed by atoms with van der Waals surface area (Å²) < 4.78 is 46.0. The van der Waals surface area contributed by atoms with E-state index in [-0.39, 0.29) is 59.4 Å². The van der Waals surface area contributed by atoms with Gasteiger partial charge in [0.25, 0.3) is 0 Å². The van der Waals surface area contributed by atoms with E-state index in [4.69, 9.17) is 14.0 Å². The second-order valence-corrected chi connectivity index (χ2v) is 14.8. The Labute approximate surface area is 248 Å². The zero-order valence-corrected chi connectivity index (χ0v) is 26.2. The molecule has 0 amide bonds. The summed E-state index contributed by atoms with van der Waals surface area (Å²) in [6, 6.07) is 0. The molecule has 3 N–H and O–H groups in total. The molecule has 10 nitrogen and oxygen atoms in total. The average molecular weight is 619 g/mol. The Hall–Kier alpha value is -0.830. The van der Waals surface area contributed by atoms with Crippen molar-refractivity contribution in [2.24, 2.45) is 52.3 Å². The van der Waals surface area contributed by atoms with Crippen LogP contribution in [0.4, 0.5) is 0 Å². The molecule has 4 aliphatic rings. The Balaban J connectivity index is 1.55. The topological polar surface area (TPSA) is 149 Å². The zero-order chi connectivity index (χ0) is 30.2. The lowest BCUT2D eigenvalue weighted by Gasteiger charge is -2.60. The van der Waals surface area contributed by atoms with Crippen molar-refractivity contribution in [3.8, 4) is 0 Å². The van der Waals surface area contributed by atoms with E-state index in [1.165, 1.54) is 5.57 Å². The number of hydrogen-bond donors (Lipinski definition) is 3. The molecule has 4 aliphatic carbocycles. The molecular weight excluding hydrogens is 572 g/mol. The van der Waals surface area contributed by atoms with Crippen LogP contribution >= 0.6 is 12.3 Å². The summed E-state index contributed by atoms with van der Waals surface area (Å²) in [7, 11) is -4.53. The van der Waals surface area contributed by atoms with Gasteiger partial charge in [0.05, 0.1) is 24.2 Å². The zero-order valence-electron chi connectivity index (χ0n) is 24.6. The van der Waals surface area contributed by atoms with Crippen LogP contribution in [0.5, 0.6) is 0 Å². The number of fused-ring (bicyclic) bond motifs is 5. The number of allylic oxidation sites excluding steroid dienone is 2. The van der Waals surface area contributed by atoms with Crippen LogP contribution in [0.15, 0.2) is 23.8 Å². The van der Waals surface area contributed by atoms with E-state index in [1.54, 1.807) is 6.92 Å². The quantitative estimate of drug-likeness (QED) is 0.0612. The van der Waals surface area contributed by atoms with Crippen LogP contribution in [0.1, 0.15) is 79.6 Å². The number of aliphatic hydroxyl groups is 1. The average Bonchev–Trinajstić information content (AvgIpc) is 3.31. The molecule has 10 atom stereocenters. The van der Waals surface area contributed by atoms with Crippen LogP contribution < -0.4 is 0 Å². The monoisotopic (exact) mass is 618 g/mol. The van der Waals surface area contributed by atoms with Gasteiger partial charge in [-0.1, -0.05) is 56.5 Å². The van der Waals surface area contributed by atoms with Gasteiger partial charge in [0.1, 0.15) is 5.78 Å². The maximum Gasteiger partial charge on any atom is 0.397 e. The van der Waals surface area contributed by atoms with Crippen molar-refractivity contribution in [3.05, 3.63) is 23.8 Å². The first-order valence-corrected chi connectivity index (χ1v) is 16.8. The minimum atomic E-state index is -4.53. The van der Waals surface area contributed by atoms with Crippen LogP contribution in [0.2, 0.25) is 0 Å². The van der Waals surface area contributed by atoms with Gasteiger partial charge in [-0.25, -0.2) is 9.44 Å². The normalized spacial score (nSPS) is 38.7. The van der Waals surface area contributed by atoms with Gasteiger partial charge < -0.3 is 5.11 Å². The first-order valence-electron chi connectivity index (χ1n) is 14.7. The molecule has 0 radical (unpaired) electrons. The minimum absolute atomic E-state index is 0.0115. The van der Waals surface area contributed by atoms with Crippen molar-refractivity contribution in [3.63, 3.8) is 0 Å². The number of hydrogen-bond acceptors (Lipinski definition) is 10. The second kappa shape index (κ2) is 13.0. The Morgan fingerprint density at radius 3 is 2.56 bits per heavy atom. The Bertz CT molecular complexity index is 1110. The molecule has 0 aromatic rings. The molecule has 41 heavy (non-hydrogen) atoms. The van der Waals surface area contributed by atoms with Gasteiger partial charge in [-0.2, -0.15) is 8.42 Å². The summed E-state index contributed by atoms with van der Waals surface area (Å²) in [5, 5.41) is 23.9. The van der Waals surface area contributed by atoms with E-state index < -0.39 is 21.9 Å². The molecule has 0 aromatic carbocycles. The molecular formula is C29H46O10S2. The highest BCUT2D eigenvalue weighted by atomic mass is 32.3. The molecule has 0 saturated heterocycles. The van der Waals surface area contributed by atoms with E-state index in [9.17, 15) is 18.3 Å². The molecule has 0 spiro atoms. The fourth-order valence-electron chi connectivity index (χ4n) is 9.05. The molecule has 3 unspecified atom stereocenters. The summed E-state index contributed by atoms with van der Waals surface area (Å²) in [5.41, 5.74) is 0.441. The van der Waals surface area contributed by atoms with E-state index in [1.807, 2.05) is 26.0 Å². The highest BCUT2D eigenvalue weighted by Crippen LogP contribution is 2.67. The fraction of sp³-hybridized carbons (Fsp3) is 0.828. The highest BCUT2D eigenvalue weighted by Gasteiger charge is 2.66. The number of rotatable bonds is 12. The number of ketones is 1. The lowest BCUT2D eigenvalue weighted by Crippen LogP contribution is -2.60. The summed E-state index contributed by atoms with van der Waals surface area (Å²) in [6.45, 7) is 9.80. The molecule has 12 heteroatoms.